The van der Waals surface area contributed by atoms with Crippen molar-refractivity contribution in [1.29, 1.82) is 0 Å². The van der Waals surface area contributed by atoms with Gasteiger partial charge in [0.05, 0.1) is 11.8 Å². The van der Waals surface area contributed by atoms with Gasteiger partial charge in [0.25, 0.3) is 0 Å². The van der Waals surface area contributed by atoms with Gasteiger partial charge in [0.1, 0.15) is 16.1 Å². The van der Waals surface area contributed by atoms with E-state index in [0.29, 0.717) is 5.92 Å². The third-order valence-electron chi connectivity index (χ3n) is 2.77. The van der Waals surface area contributed by atoms with Crippen molar-refractivity contribution < 1.29 is 9.29 Å². The van der Waals surface area contributed by atoms with E-state index in [4.69, 9.17) is 4.74 Å². The van der Waals surface area contributed by atoms with E-state index < -0.39 is 11.4 Å². The molecule has 0 amide bonds. The van der Waals surface area contributed by atoms with Crippen LogP contribution in [-0.2, 0) is 16.1 Å². The fourth-order valence-corrected chi connectivity index (χ4v) is 2.52. The summed E-state index contributed by atoms with van der Waals surface area (Å²) in [5.41, 5.74) is 0.0225. The minimum Gasteiger partial charge on any atom is -0.591 e. The van der Waals surface area contributed by atoms with Crippen LogP contribution in [-0.4, -0.2) is 27.7 Å². The van der Waals surface area contributed by atoms with Gasteiger partial charge in [0.2, 0.25) is 0 Å². The molecule has 0 aromatic carbocycles. The van der Waals surface area contributed by atoms with Crippen molar-refractivity contribution in [2.45, 2.75) is 57.8 Å². The van der Waals surface area contributed by atoms with Gasteiger partial charge in [-0.15, -0.1) is 0 Å². The summed E-state index contributed by atoms with van der Waals surface area (Å²) in [6.45, 7) is 10.7. The Kier molecular flexibility index (Phi) is 4.43. The molecule has 0 saturated heterocycles. The predicted octanol–water partition coefficient (Wildman–Crippen LogP) is 2.72. The van der Waals surface area contributed by atoms with Crippen LogP contribution in [0.15, 0.2) is 4.40 Å². The monoisotopic (exact) mass is 245 g/mol. The fraction of sp³-hybridized carbons (Fsp3) is 0.917. The minimum absolute atomic E-state index is 0.0225. The van der Waals surface area contributed by atoms with Crippen LogP contribution in [0.25, 0.3) is 0 Å². The molecular formula is C12H23NO2S. The highest BCUT2D eigenvalue weighted by molar-refractivity contribution is 7.91. The normalized spacial score (nSPS) is 32.8. The molecule has 4 heteroatoms. The molecule has 1 fully saturated rings. The van der Waals surface area contributed by atoms with E-state index in [1.54, 1.807) is 0 Å². The Balaban J connectivity index is 2.35. The average Bonchev–Trinajstić information content (AvgIpc) is 2.09. The topological polar surface area (TPSA) is 44.6 Å². The molecule has 1 unspecified atom stereocenters. The van der Waals surface area contributed by atoms with Crippen molar-refractivity contribution in [2.24, 2.45) is 10.3 Å². The van der Waals surface area contributed by atoms with Crippen molar-refractivity contribution >= 4 is 17.6 Å². The van der Waals surface area contributed by atoms with Crippen LogP contribution >= 0.6 is 0 Å². The second-order valence-electron chi connectivity index (χ2n) is 5.67. The molecule has 94 valence electrons. The summed E-state index contributed by atoms with van der Waals surface area (Å²) in [5, 5.41) is 0. The summed E-state index contributed by atoms with van der Waals surface area (Å²) in [7, 11) is 0. The van der Waals surface area contributed by atoms with Crippen LogP contribution in [0.1, 0.15) is 47.5 Å². The first kappa shape index (κ1) is 14.0. The molecule has 0 N–H and O–H groups in total. The highest BCUT2D eigenvalue weighted by Crippen LogP contribution is 2.39. The van der Waals surface area contributed by atoms with Crippen LogP contribution < -0.4 is 0 Å². The number of nitrogens with zero attached hydrogens (tertiary/aromatic N) is 1. The van der Waals surface area contributed by atoms with Gasteiger partial charge in [-0.05, 0) is 47.5 Å². The van der Waals surface area contributed by atoms with Gasteiger partial charge in [-0.1, -0.05) is 4.40 Å². The zero-order valence-corrected chi connectivity index (χ0v) is 11.8. The number of rotatable bonds is 4. The molecule has 0 spiro atoms. The Morgan fingerprint density at radius 3 is 2.50 bits per heavy atom. The number of ether oxygens (including phenoxy) is 1. The lowest BCUT2D eigenvalue weighted by atomic mass is 9.72. The Morgan fingerprint density at radius 1 is 1.50 bits per heavy atom. The van der Waals surface area contributed by atoms with Crippen molar-refractivity contribution in [2.75, 3.05) is 6.61 Å². The van der Waals surface area contributed by atoms with E-state index in [2.05, 4.69) is 11.3 Å². The summed E-state index contributed by atoms with van der Waals surface area (Å²) in [6.07, 6.45) is 3.83. The first-order valence-corrected chi connectivity index (χ1v) is 6.98. The molecular weight excluding hydrogens is 222 g/mol. The molecule has 0 radical (unpaired) electrons. The molecule has 0 aliphatic heterocycles. The van der Waals surface area contributed by atoms with Crippen LogP contribution in [0.2, 0.25) is 0 Å². The summed E-state index contributed by atoms with van der Waals surface area (Å²) in [6, 6.07) is 0. The van der Waals surface area contributed by atoms with Crippen LogP contribution in [0, 0.1) is 5.92 Å². The van der Waals surface area contributed by atoms with Gasteiger partial charge in [-0.2, -0.15) is 0 Å². The molecule has 1 aliphatic carbocycles. The van der Waals surface area contributed by atoms with Crippen molar-refractivity contribution in [3.63, 3.8) is 0 Å². The lowest BCUT2D eigenvalue weighted by Gasteiger charge is -2.42. The Labute approximate surface area is 102 Å². The standard InChI is InChI=1S/C12H23NO2S/c1-6-15-12(5)7-10(8-12)9-13-16(14)11(2,3)4/h9-10H,6-8H2,1-5H3/b13-9+. The third kappa shape index (κ3) is 3.75. The van der Waals surface area contributed by atoms with E-state index in [0.717, 1.165) is 19.4 Å². The molecule has 1 rings (SSSR count). The van der Waals surface area contributed by atoms with Gasteiger partial charge in [-0.3, -0.25) is 0 Å². The van der Waals surface area contributed by atoms with Crippen molar-refractivity contribution in [1.82, 2.24) is 0 Å². The van der Waals surface area contributed by atoms with E-state index in [1.165, 1.54) is 0 Å². The molecule has 0 aromatic rings. The molecule has 0 aromatic heterocycles. The predicted molar refractivity (Wildman–Crippen MR) is 69.1 cm³/mol. The second-order valence-corrected chi connectivity index (χ2v) is 7.60. The Hall–Kier alpha value is -0.0600. The fourth-order valence-electron chi connectivity index (χ4n) is 1.92. The van der Waals surface area contributed by atoms with Crippen molar-refractivity contribution in [3.8, 4) is 0 Å². The van der Waals surface area contributed by atoms with E-state index in [1.807, 2.05) is 33.9 Å². The number of hydrogen-bond donors (Lipinski definition) is 0. The maximum absolute atomic E-state index is 11.7. The van der Waals surface area contributed by atoms with Crippen LogP contribution in [0.3, 0.4) is 0 Å². The van der Waals surface area contributed by atoms with Crippen LogP contribution in [0.4, 0.5) is 0 Å². The Morgan fingerprint density at radius 2 is 2.06 bits per heavy atom. The molecule has 16 heavy (non-hydrogen) atoms. The SMILES string of the molecule is CCOC1(C)CC(/C=N/[S+]([O-])C(C)(C)C)C1. The van der Waals surface area contributed by atoms with Gasteiger partial charge < -0.3 is 9.29 Å². The van der Waals surface area contributed by atoms with Gasteiger partial charge >= 0.3 is 0 Å². The molecule has 1 aliphatic rings. The maximum atomic E-state index is 11.7. The highest BCUT2D eigenvalue weighted by atomic mass is 32.2. The molecule has 3 nitrogen and oxygen atoms in total. The summed E-state index contributed by atoms with van der Waals surface area (Å²) >= 11 is -1.13. The smallest absolute Gasteiger partial charge is 0.144 e. The summed E-state index contributed by atoms with van der Waals surface area (Å²) < 4.78 is 21.2. The summed E-state index contributed by atoms with van der Waals surface area (Å²) in [4.78, 5) is 0. The van der Waals surface area contributed by atoms with Crippen LogP contribution in [0.5, 0.6) is 0 Å². The Bertz CT molecular complexity index is 254. The van der Waals surface area contributed by atoms with Gasteiger partial charge in [0.15, 0.2) is 0 Å². The van der Waals surface area contributed by atoms with E-state index in [-0.39, 0.29) is 10.3 Å². The third-order valence-corrected chi connectivity index (χ3v) is 4.13. The minimum atomic E-state index is -1.13. The summed E-state index contributed by atoms with van der Waals surface area (Å²) in [5.74, 6) is 0.433. The van der Waals surface area contributed by atoms with Gasteiger partial charge in [-0.25, -0.2) is 0 Å². The first-order valence-electron chi connectivity index (χ1n) is 5.87. The van der Waals surface area contributed by atoms with E-state index in [9.17, 15) is 4.55 Å². The molecule has 1 atom stereocenters. The molecule has 1 saturated carbocycles. The van der Waals surface area contributed by atoms with E-state index >= 15 is 0 Å². The first-order chi connectivity index (χ1) is 7.27. The molecule has 0 heterocycles. The lowest BCUT2D eigenvalue weighted by Crippen LogP contribution is -2.44. The van der Waals surface area contributed by atoms with Crippen molar-refractivity contribution in [3.05, 3.63) is 0 Å². The molecule has 0 bridgehead atoms. The maximum Gasteiger partial charge on any atom is 0.144 e. The second kappa shape index (κ2) is 5.07. The average molecular weight is 245 g/mol. The zero-order valence-electron chi connectivity index (χ0n) is 10.9. The largest absolute Gasteiger partial charge is 0.591 e. The highest BCUT2D eigenvalue weighted by Gasteiger charge is 2.40. The lowest BCUT2D eigenvalue weighted by molar-refractivity contribution is -0.0942. The quantitative estimate of drug-likeness (QED) is 0.564. The number of hydrogen-bond acceptors (Lipinski definition) is 3. The zero-order chi connectivity index (χ0) is 12.4. The van der Waals surface area contributed by atoms with Gasteiger partial charge in [0, 0.05) is 12.5 Å².